The Morgan fingerprint density at radius 3 is 2.24 bits per heavy atom. The smallest absolute Gasteiger partial charge is 0.0579 e. The van der Waals surface area contributed by atoms with Gasteiger partial charge in [0.1, 0.15) is 0 Å². The highest BCUT2D eigenvalue weighted by molar-refractivity contribution is 6.30. The molecule has 2 rings (SSSR count). The first-order valence-corrected chi connectivity index (χ1v) is 8.17. The lowest BCUT2D eigenvalue weighted by atomic mass is 9.91. The van der Waals surface area contributed by atoms with E-state index in [1.54, 1.807) is 0 Å². The van der Waals surface area contributed by atoms with Gasteiger partial charge in [-0.15, -0.1) is 0 Å². The molecule has 1 unspecified atom stereocenters. The second-order valence-electron chi connectivity index (χ2n) is 5.28. The molecule has 0 aliphatic rings. The summed E-state index contributed by atoms with van der Waals surface area (Å²) in [4.78, 5) is 0. The van der Waals surface area contributed by atoms with Gasteiger partial charge in [0.05, 0.1) is 6.04 Å². The highest BCUT2D eigenvalue weighted by Gasteiger charge is 2.16. The second-order valence-corrected chi connectivity index (χ2v) is 5.72. The monoisotopic (exact) mass is 301 g/mol. The van der Waals surface area contributed by atoms with Gasteiger partial charge >= 0.3 is 0 Å². The molecule has 112 valence electrons. The SMILES string of the molecule is CCNC(c1ccc(Cl)cc1)c1cc(CC)ccc1CC. The van der Waals surface area contributed by atoms with E-state index in [0.29, 0.717) is 0 Å². The van der Waals surface area contributed by atoms with Gasteiger partial charge in [0.15, 0.2) is 0 Å². The summed E-state index contributed by atoms with van der Waals surface area (Å²) in [6, 6.07) is 15.3. The number of benzene rings is 2. The van der Waals surface area contributed by atoms with Gasteiger partial charge < -0.3 is 5.32 Å². The lowest BCUT2D eigenvalue weighted by molar-refractivity contribution is 0.625. The number of nitrogens with one attached hydrogen (secondary N) is 1. The van der Waals surface area contributed by atoms with E-state index < -0.39 is 0 Å². The standard InChI is InChI=1S/C19H24ClN/c1-4-14-7-8-15(5-2)18(13-14)19(21-6-3)16-9-11-17(20)12-10-16/h7-13,19,21H,4-6H2,1-3H3. The van der Waals surface area contributed by atoms with Crippen LogP contribution in [0.4, 0.5) is 0 Å². The summed E-state index contributed by atoms with van der Waals surface area (Å²) < 4.78 is 0. The molecular weight excluding hydrogens is 278 g/mol. The molecule has 2 aromatic carbocycles. The summed E-state index contributed by atoms with van der Waals surface area (Å²) in [6.07, 6.45) is 2.12. The molecular formula is C19H24ClN. The fraction of sp³-hybridized carbons (Fsp3) is 0.368. The Labute approximate surface area is 133 Å². The van der Waals surface area contributed by atoms with Crippen molar-refractivity contribution >= 4 is 11.6 Å². The first-order chi connectivity index (χ1) is 10.2. The van der Waals surface area contributed by atoms with Crippen LogP contribution in [0.15, 0.2) is 42.5 Å². The van der Waals surface area contributed by atoms with Crippen LogP contribution < -0.4 is 5.32 Å². The lowest BCUT2D eigenvalue weighted by Gasteiger charge is -2.22. The Hall–Kier alpha value is -1.31. The van der Waals surface area contributed by atoms with Gasteiger partial charge in [-0.2, -0.15) is 0 Å². The number of hydrogen-bond acceptors (Lipinski definition) is 1. The number of rotatable bonds is 6. The van der Waals surface area contributed by atoms with Crippen molar-refractivity contribution in [2.24, 2.45) is 0 Å². The summed E-state index contributed by atoms with van der Waals surface area (Å²) in [6.45, 7) is 7.51. The lowest BCUT2D eigenvalue weighted by Crippen LogP contribution is -2.23. The Kier molecular flexibility index (Phi) is 5.84. The van der Waals surface area contributed by atoms with E-state index in [1.807, 2.05) is 12.1 Å². The van der Waals surface area contributed by atoms with Crippen LogP contribution in [0.1, 0.15) is 49.1 Å². The average Bonchev–Trinajstić information content (AvgIpc) is 2.53. The van der Waals surface area contributed by atoms with E-state index in [2.05, 4.69) is 56.4 Å². The third-order valence-corrected chi connectivity index (χ3v) is 4.17. The van der Waals surface area contributed by atoms with E-state index in [9.17, 15) is 0 Å². The Morgan fingerprint density at radius 1 is 0.952 bits per heavy atom. The Balaban J connectivity index is 2.48. The van der Waals surface area contributed by atoms with Gasteiger partial charge in [-0.1, -0.05) is 62.7 Å². The molecule has 1 N–H and O–H groups in total. The maximum atomic E-state index is 6.03. The van der Waals surface area contributed by atoms with Crippen LogP contribution in [0.25, 0.3) is 0 Å². The molecule has 2 aromatic rings. The Bertz CT molecular complexity index is 575. The van der Waals surface area contributed by atoms with Crippen molar-refractivity contribution in [1.29, 1.82) is 0 Å². The normalized spacial score (nSPS) is 12.4. The quantitative estimate of drug-likeness (QED) is 0.776. The summed E-state index contributed by atoms with van der Waals surface area (Å²) in [5.41, 5.74) is 5.46. The van der Waals surface area contributed by atoms with Crippen LogP contribution in [-0.2, 0) is 12.8 Å². The average molecular weight is 302 g/mol. The van der Waals surface area contributed by atoms with Crippen molar-refractivity contribution in [3.8, 4) is 0 Å². The fourth-order valence-electron chi connectivity index (χ4n) is 2.72. The van der Waals surface area contributed by atoms with Crippen LogP contribution >= 0.6 is 11.6 Å². The van der Waals surface area contributed by atoms with E-state index >= 15 is 0 Å². The zero-order valence-corrected chi connectivity index (χ0v) is 13.9. The zero-order valence-electron chi connectivity index (χ0n) is 13.1. The van der Waals surface area contributed by atoms with Crippen molar-refractivity contribution in [3.63, 3.8) is 0 Å². The highest BCUT2D eigenvalue weighted by Crippen LogP contribution is 2.28. The van der Waals surface area contributed by atoms with Gasteiger partial charge in [0, 0.05) is 5.02 Å². The minimum Gasteiger partial charge on any atom is -0.307 e. The number of halogens is 1. The van der Waals surface area contributed by atoms with Gasteiger partial charge in [-0.3, -0.25) is 0 Å². The van der Waals surface area contributed by atoms with Crippen molar-refractivity contribution in [1.82, 2.24) is 5.32 Å². The van der Waals surface area contributed by atoms with Gasteiger partial charge in [0.2, 0.25) is 0 Å². The molecule has 0 aromatic heterocycles. The van der Waals surface area contributed by atoms with E-state index in [4.69, 9.17) is 11.6 Å². The van der Waals surface area contributed by atoms with Crippen LogP contribution in [0.3, 0.4) is 0 Å². The van der Waals surface area contributed by atoms with E-state index in [-0.39, 0.29) is 6.04 Å². The van der Waals surface area contributed by atoms with Crippen molar-refractivity contribution in [2.45, 2.75) is 39.7 Å². The number of hydrogen-bond donors (Lipinski definition) is 1. The molecule has 0 radical (unpaired) electrons. The molecule has 0 spiro atoms. The molecule has 0 bridgehead atoms. The third-order valence-electron chi connectivity index (χ3n) is 3.92. The largest absolute Gasteiger partial charge is 0.307 e. The maximum Gasteiger partial charge on any atom is 0.0579 e. The summed E-state index contributed by atoms with van der Waals surface area (Å²) in [5, 5.41) is 4.40. The Morgan fingerprint density at radius 2 is 1.67 bits per heavy atom. The van der Waals surface area contributed by atoms with Crippen LogP contribution in [-0.4, -0.2) is 6.54 Å². The van der Waals surface area contributed by atoms with Crippen LogP contribution in [0, 0.1) is 0 Å². The minimum absolute atomic E-state index is 0.230. The predicted molar refractivity (Wildman–Crippen MR) is 92.2 cm³/mol. The summed E-state index contributed by atoms with van der Waals surface area (Å²) in [5.74, 6) is 0. The fourth-order valence-corrected chi connectivity index (χ4v) is 2.85. The van der Waals surface area contributed by atoms with Crippen LogP contribution in [0.5, 0.6) is 0 Å². The first kappa shape index (κ1) is 16.1. The molecule has 0 aliphatic carbocycles. The maximum absolute atomic E-state index is 6.03. The topological polar surface area (TPSA) is 12.0 Å². The molecule has 1 nitrogen and oxygen atoms in total. The van der Waals surface area contributed by atoms with Gasteiger partial charge in [0.25, 0.3) is 0 Å². The second kappa shape index (κ2) is 7.63. The minimum atomic E-state index is 0.230. The molecule has 0 aliphatic heterocycles. The summed E-state index contributed by atoms with van der Waals surface area (Å²) >= 11 is 6.03. The molecule has 0 amide bonds. The van der Waals surface area contributed by atoms with Crippen LogP contribution in [0.2, 0.25) is 5.02 Å². The van der Waals surface area contributed by atoms with E-state index in [1.165, 1.54) is 22.3 Å². The molecule has 21 heavy (non-hydrogen) atoms. The van der Waals surface area contributed by atoms with Gasteiger partial charge in [-0.05, 0) is 53.8 Å². The molecule has 0 saturated carbocycles. The van der Waals surface area contributed by atoms with E-state index in [0.717, 1.165) is 24.4 Å². The summed E-state index contributed by atoms with van der Waals surface area (Å²) in [7, 11) is 0. The highest BCUT2D eigenvalue weighted by atomic mass is 35.5. The first-order valence-electron chi connectivity index (χ1n) is 7.80. The molecule has 1 atom stereocenters. The molecule has 0 heterocycles. The third kappa shape index (κ3) is 3.87. The van der Waals surface area contributed by atoms with Gasteiger partial charge in [-0.25, -0.2) is 0 Å². The molecule has 2 heteroatoms. The predicted octanol–water partition coefficient (Wildman–Crippen LogP) is 5.16. The number of aryl methyl sites for hydroxylation is 2. The van der Waals surface area contributed by atoms with Crippen molar-refractivity contribution < 1.29 is 0 Å². The molecule has 0 saturated heterocycles. The zero-order chi connectivity index (χ0) is 15.2. The van der Waals surface area contributed by atoms with Crippen molar-refractivity contribution in [3.05, 3.63) is 69.7 Å². The molecule has 0 fully saturated rings. The van der Waals surface area contributed by atoms with Crippen molar-refractivity contribution in [2.75, 3.05) is 6.54 Å².